The molecule has 0 radical (unpaired) electrons. The van der Waals surface area contributed by atoms with Crippen LogP contribution >= 0.6 is 0 Å². The smallest absolute Gasteiger partial charge is 0.0974 e. The van der Waals surface area contributed by atoms with Crippen molar-refractivity contribution in [3.63, 3.8) is 0 Å². The molecular weight excluding hydrogens is 326 g/mol. The number of nitrogens with zero attached hydrogens (tertiary/aromatic N) is 3. The number of morpholine rings is 2. The molecule has 0 spiro atoms. The molecule has 2 saturated heterocycles. The Kier molecular flexibility index (Phi) is 5.57. The standard InChI is InChI=1S/C21H27N3O2/c1-22-20-6-3-2-5-18(20)19(17-24-11-15-26-16-12-24)21(22)7-4-8-23-9-13-25-14-10-23/h2-3,5-6H,8-17H2,1H3. The minimum Gasteiger partial charge on any atom is -0.379 e. The van der Waals surface area contributed by atoms with E-state index in [9.17, 15) is 0 Å². The van der Waals surface area contributed by atoms with Crippen LogP contribution in [0.5, 0.6) is 0 Å². The summed E-state index contributed by atoms with van der Waals surface area (Å²) < 4.78 is 13.2. The van der Waals surface area contributed by atoms with Crippen molar-refractivity contribution in [2.45, 2.75) is 6.54 Å². The largest absolute Gasteiger partial charge is 0.379 e. The number of hydrogen-bond acceptors (Lipinski definition) is 4. The summed E-state index contributed by atoms with van der Waals surface area (Å²) in [6, 6.07) is 8.63. The summed E-state index contributed by atoms with van der Waals surface area (Å²) in [6.07, 6.45) is 0. The van der Waals surface area contributed by atoms with Gasteiger partial charge in [-0.15, -0.1) is 0 Å². The lowest BCUT2D eigenvalue weighted by Gasteiger charge is -2.26. The highest BCUT2D eigenvalue weighted by Crippen LogP contribution is 2.26. The van der Waals surface area contributed by atoms with Crippen LogP contribution in [-0.2, 0) is 23.1 Å². The number of benzene rings is 1. The number of fused-ring (bicyclic) bond motifs is 1. The zero-order valence-corrected chi connectivity index (χ0v) is 15.5. The number of aryl methyl sites for hydroxylation is 1. The van der Waals surface area contributed by atoms with Gasteiger partial charge in [-0.2, -0.15) is 0 Å². The minimum absolute atomic E-state index is 0.807. The molecule has 138 valence electrons. The second-order valence-corrected chi connectivity index (χ2v) is 6.98. The van der Waals surface area contributed by atoms with Crippen molar-refractivity contribution in [2.24, 2.45) is 7.05 Å². The fourth-order valence-corrected chi connectivity index (χ4v) is 3.77. The first-order valence-corrected chi connectivity index (χ1v) is 9.48. The molecule has 2 fully saturated rings. The fourth-order valence-electron chi connectivity index (χ4n) is 3.77. The third-order valence-electron chi connectivity index (χ3n) is 5.31. The summed E-state index contributed by atoms with van der Waals surface area (Å²) in [6.45, 7) is 8.96. The summed E-state index contributed by atoms with van der Waals surface area (Å²) in [4.78, 5) is 4.83. The summed E-state index contributed by atoms with van der Waals surface area (Å²) in [5, 5.41) is 1.32. The molecule has 2 aliphatic heterocycles. The first-order chi connectivity index (χ1) is 12.8. The van der Waals surface area contributed by atoms with Crippen LogP contribution in [-0.4, -0.2) is 73.5 Å². The van der Waals surface area contributed by atoms with Crippen LogP contribution in [0.2, 0.25) is 0 Å². The monoisotopic (exact) mass is 353 g/mol. The molecule has 0 atom stereocenters. The number of ether oxygens (including phenoxy) is 2. The second-order valence-electron chi connectivity index (χ2n) is 6.98. The summed E-state index contributed by atoms with van der Waals surface area (Å²) in [7, 11) is 2.13. The van der Waals surface area contributed by atoms with Crippen LogP contribution in [0.15, 0.2) is 24.3 Å². The molecule has 2 aliphatic rings. The van der Waals surface area contributed by atoms with Crippen molar-refractivity contribution in [1.29, 1.82) is 0 Å². The molecule has 0 bridgehead atoms. The van der Waals surface area contributed by atoms with E-state index in [0.29, 0.717) is 0 Å². The Bertz CT molecular complexity index is 806. The van der Waals surface area contributed by atoms with Crippen molar-refractivity contribution < 1.29 is 9.47 Å². The Hall–Kier alpha value is -1.84. The van der Waals surface area contributed by atoms with Gasteiger partial charge in [-0.1, -0.05) is 24.1 Å². The maximum atomic E-state index is 5.50. The summed E-state index contributed by atoms with van der Waals surface area (Å²) in [5.74, 6) is 6.89. The Morgan fingerprint density at radius 2 is 1.58 bits per heavy atom. The number of aromatic nitrogens is 1. The molecule has 0 aliphatic carbocycles. The van der Waals surface area contributed by atoms with Gasteiger partial charge < -0.3 is 14.0 Å². The van der Waals surface area contributed by atoms with E-state index < -0.39 is 0 Å². The van der Waals surface area contributed by atoms with Crippen LogP contribution in [0.3, 0.4) is 0 Å². The first-order valence-electron chi connectivity index (χ1n) is 9.48. The molecule has 1 aromatic carbocycles. The van der Waals surface area contributed by atoms with E-state index in [2.05, 4.69) is 57.5 Å². The average Bonchev–Trinajstić information content (AvgIpc) is 2.96. The third kappa shape index (κ3) is 3.79. The fraction of sp³-hybridized carbons (Fsp3) is 0.524. The Morgan fingerprint density at radius 1 is 0.923 bits per heavy atom. The second kappa shape index (κ2) is 8.24. The van der Waals surface area contributed by atoms with Crippen LogP contribution in [0.4, 0.5) is 0 Å². The van der Waals surface area contributed by atoms with Gasteiger partial charge in [-0.3, -0.25) is 9.80 Å². The Labute approximate surface area is 155 Å². The van der Waals surface area contributed by atoms with Crippen molar-refractivity contribution >= 4 is 10.9 Å². The molecule has 0 amide bonds. The molecular formula is C21H27N3O2. The van der Waals surface area contributed by atoms with E-state index in [1.54, 1.807) is 0 Å². The number of para-hydroxylation sites is 1. The van der Waals surface area contributed by atoms with Crippen LogP contribution in [0.1, 0.15) is 11.3 Å². The normalized spacial score (nSPS) is 19.4. The van der Waals surface area contributed by atoms with Crippen LogP contribution in [0, 0.1) is 11.8 Å². The lowest BCUT2D eigenvalue weighted by Crippen LogP contribution is -2.36. The zero-order valence-electron chi connectivity index (χ0n) is 15.5. The van der Waals surface area contributed by atoms with E-state index in [-0.39, 0.29) is 0 Å². The van der Waals surface area contributed by atoms with Gasteiger partial charge >= 0.3 is 0 Å². The summed E-state index contributed by atoms with van der Waals surface area (Å²) in [5.41, 5.74) is 3.75. The minimum atomic E-state index is 0.807. The van der Waals surface area contributed by atoms with Crippen LogP contribution < -0.4 is 0 Å². The highest BCUT2D eigenvalue weighted by molar-refractivity contribution is 5.86. The zero-order chi connectivity index (χ0) is 17.8. The van der Waals surface area contributed by atoms with Gasteiger partial charge in [-0.25, -0.2) is 0 Å². The molecule has 5 heteroatoms. The van der Waals surface area contributed by atoms with Gasteiger partial charge in [0, 0.05) is 56.2 Å². The van der Waals surface area contributed by atoms with E-state index in [4.69, 9.17) is 9.47 Å². The number of rotatable bonds is 3. The quantitative estimate of drug-likeness (QED) is 0.786. The lowest BCUT2D eigenvalue weighted by atomic mass is 10.1. The molecule has 0 N–H and O–H groups in total. The van der Waals surface area contributed by atoms with Gasteiger partial charge in [0.2, 0.25) is 0 Å². The molecule has 3 heterocycles. The van der Waals surface area contributed by atoms with Crippen molar-refractivity contribution in [3.05, 3.63) is 35.5 Å². The molecule has 0 saturated carbocycles. The molecule has 2 aromatic rings. The van der Waals surface area contributed by atoms with Gasteiger partial charge in [0.1, 0.15) is 0 Å². The van der Waals surface area contributed by atoms with Crippen molar-refractivity contribution in [3.8, 4) is 11.8 Å². The molecule has 0 unspecified atom stereocenters. The first kappa shape index (κ1) is 17.6. The molecule has 5 nitrogen and oxygen atoms in total. The van der Waals surface area contributed by atoms with Gasteiger partial charge in [0.05, 0.1) is 38.7 Å². The highest BCUT2D eigenvalue weighted by Gasteiger charge is 2.18. The van der Waals surface area contributed by atoms with Crippen molar-refractivity contribution in [1.82, 2.24) is 14.4 Å². The molecule has 1 aromatic heterocycles. The van der Waals surface area contributed by atoms with Crippen LogP contribution in [0.25, 0.3) is 10.9 Å². The van der Waals surface area contributed by atoms with E-state index in [0.717, 1.165) is 71.4 Å². The third-order valence-corrected chi connectivity index (χ3v) is 5.31. The van der Waals surface area contributed by atoms with Gasteiger partial charge in [-0.05, 0) is 12.0 Å². The topological polar surface area (TPSA) is 29.9 Å². The predicted octanol–water partition coefficient (Wildman–Crippen LogP) is 1.69. The van der Waals surface area contributed by atoms with E-state index in [1.165, 1.54) is 16.5 Å². The van der Waals surface area contributed by atoms with Crippen molar-refractivity contribution in [2.75, 3.05) is 59.2 Å². The lowest BCUT2D eigenvalue weighted by molar-refractivity contribution is 0.0343. The Balaban J connectivity index is 1.61. The summed E-state index contributed by atoms with van der Waals surface area (Å²) >= 11 is 0. The molecule has 4 rings (SSSR count). The van der Waals surface area contributed by atoms with Gasteiger partial charge in [0.15, 0.2) is 0 Å². The Morgan fingerprint density at radius 3 is 2.31 bits per heavy atom. The van der Waals surface area contributed by atoms with E-state index in [1.807, 2.05) is 0 Å². The maximum absolute atomic E-state index is 5.50. The average molecular weight is 353 g/mol. The highest BCUT2D eigenvalue weighted by atomic mass is 16.5. The predicted molar refractivity (Wildman–Crippen MR) is 103 cm³/mol. The maximum Gasteiger partial charge on any atom is 0.0974 e. The SMILES string of the molecule is Cn1c(C#CCN2CCOCC2)c(CN2CCOCC2)c2ccccc21. The number of hydrogen-bond donors (Lipinski definition) is 0. The van der Waals surface area contributed by atoms with Gasteiger partial charge in [0.25, 0.3) is 0 Å². The molecule has 26 heavy (non-hydrogen) atoms. The van der Waals surface area contributed by atoms with E-state index >= 15 is 0 Å².